The highest BCUT2D eigenvalue weighted by Gasteiger charge is 2.15. The minimum absolute atomic E-state index is 0.219. The second kappa shape index (κ2) is 7.31. The van der Waals surface area contributed by atoms with Crippen LogP contribution in [0.2, 0.25) is 0 Å². The molecule has 5 aromatic rings. The van der Waals surface area contributed by atoms with E-state index in [0.29, 0.717) is 5.69 Å². The first-order valence-corrected chi connectivity index (χ1v) is 10.4. The number of carbonyl (C=O) groups is 1. The van der Waals surface area contributed by atoms with Gasteiger partial charge in [0.05, 0.1) is 4.88 Å². The Morgan fingerprint density at radius 2 is 1.93 bits per heavy atom. The van der Waals surface area contributed by atoms with E-state index in [1.807, 2.05) is 47.8 Å². The van der Waals surface area contributed by atoms with E-state index in [4.69, 9.17) is 4.42 Å². The molecule has 0 aliphatic heterocycles. The molecule has 0 aliphatic rings. The SMILES string of the molecule is CCn1c2ccccc2c2cc(NC(=O)Cn3nc(-c4cccs4)oc3=O)ccc21. The standard InChI is InChI=1S/C22H18N4O3S/c1-2-25-17-7-4-3-6-15(17)16-12-14(9-10-18(16)25)23-20(27)13-26-22(28)29-21(24-26)19-8-5-11-30-19/h3-12H,2,13H2,1H3,(H,23,27). The zero-order valence-electron chi connectivity index (χ0n) is 16.2. The first-order chi connectivity index (χ1) is 14.6. The molecular weight excluding hydrogens is 400 g/mol. The van der Waals surface area contributed by atoms with Gasteiger partial charge in [0.15, 0.2) is 0 Å². The lowest BCUT2D eigenvalue weighted by atomic mass is 10.1. The monoisotopic (exact) mass is 418 g/mol. The van der Waals surface area contributed by atoms with E-state index in [1.165, 1.54) is 11.3 Å². The first-order valence-electron chi connectivity index (χ1n) is 9.56. The molecule has 0 fully saturated rings. The van der Waals surface area contributed by atoms with Crippen molar-refractivity contribution in [1.82, 2.24) is 14.3 Å². The number of amides is 1. The third-order valence-electron chi connectivity index (χ3n) is 5.00. The highest BCUT2D eigenvalue weighted by atomic mass is 32.1. The summed E-state index contributed by atoms with van der Waals surface area (Å²) in [5.74, 6) is -0.784. The maximum Gasteiger partial charge on any atom is 0.437 e. The Hall–Kier alpha value is -3.65. The van der Waals surface area contributed by atoms with Crippen LogP contribution in [0.15, 0.2) is 69.2 Å². The van der Waals surface area contributed by atoms with Crippen molar-refractivity contribution in [3.63, 3.8) is 0 Å². The van der Waals surface area contributed by atoms with Gasteiger partial charge >= 0.3 is 5.76 Å². The molecule has 0 aliphatic carbocycles. The first kappa shape index (κ1) is 18.4. The molecule has 1 N–H and O–H groups in total. The summed E-state index contributed by atoms with van der Waals surface area (Å²) >= 11 is 1.41. The van der Waals surface area contributed by atoms with E-state index in [-0.39, 0.29) is 18.3 Å². The fraction of sp³-hybridized carbons (Fsp3) is 0.136. The second-order valence-electron chi connectivity index (χ2n) is 6.85. The molecule has 5 rings (SSSR count). The van der Waals surface area contributed by atoms with Gasteiger partial charge < -0.3 is 14.3 Å². The van der Waals surface area contributed by atoms with E-state index in [9.17, 15) is 9.59 Å². The van der Waals surface area contributed by atoms with Crippen LogP contribution >= 0.6 is 11.3 Å². The second-order valence-corrected chi connectivity index (χ2v) is 7.80. The number of nitrogens with one attached hydrogen (secondary N) is 1. The molecule has 30 heavy (non-hydrogen) atoms. The van der Waals surface area contributed by atoms with Crippen LogP contribution in [0.25, 0.3) is 32.6 Å². The molecule has 0 spiro atoms. The summed E-state index contributed by atoms with van der Waals surface area (Å²) < 4.78 is 8.44. The third kappa shape index (κ3) is 3.11. The van der Waals surface area contributed by atoms with Crippen molar-refractivity contribution in [2.24, 2.45) is 0 Å². The molecule has 1 amide bonds. The molecule has 0 radical (unpaired) electrons. The van der Waals surface area contributed by atoms with Gasteiger partial charge in [-0.25, -0.2) is 4.79 Å². The average molecular weight is 418 g/mol. The van der Waals surface area contributed by atoms with Crippen LogP contribution in [0.5, 0.6) is 0 Å². The molecule has 0 bridgehead atoms. The largest absolute Gasteiger partial charge is 0.437 e. The van der Waals surface area contributed by atoms with Gasteiger partial charge in [0.1, 0.15) is 6.54 Å². The lowest BCUT2D eigenvalue weighted by Crippen LogP contribution is -2.25. The average Bonchev–Trinajstić information content (AvgIpc) is 3.46. The van der Waals surface area contributed by atoms with E-state index < -0.39 is 5.76 Å². The number of aromatic nitrogens is 3. The van der Waals surface area contributed by atoms with Crippen molar-refractivity contribution in [2.45, 2.75) is 20.0 Å². The molecule has 7 nitrogen and oxygen atoms in total. The molecule has 3 aromatic heterocycles. The predicted octanol–water partition coefficient (Wildman–Crippen LogP) is 4.33. The smallest absolute Gasteiger partial charge is 0.387 e. The lowest BCUT2D eigenvalue weighted by molar-refractivity contribution is -0.117. The van der Waals surface area contributed by atoms with Crippen LogP contribution < -0.4 is 11.1 Å². The summed E-state index contributed by atoms with van der Waals surface area (Å²) in [6.45, 7) is 2.75. The number of fused-ring (bicyclic) bond motifs is 3. The number of nitrogens with zero attached hydrogens (tertiary/aromatic N) is 3. The van der Waals surface area contributed by atoms with Gasteiger partial charge in [-0.05, 0) is 42.6 Å². The van der Waals surface area contributed by atoms with Gasteiger partial charge in [0.25, 0.3) is 5.89 Å². The number of carbonyl (C=O) groups excluding carboxylic acids is 1. The van der Waals surface area contributed by atoms with Gasteiger partial charge in [-0.3, -0.25) is 4.79 Å². The minimum Gasteiger partial charge on any atom is -0.387 e. The van der Waals surface area contributed by atoms with Crippen molar-refractivity contribution < 1.29 is 9.21 Å². The Kier molecular flexibility index (Phi) is 4.48. The Morgan fingerprint density at radius 1 is 1.10 bits per heavy atom. The summed E-state index contributed by atoms with van der Waals surface area (Å²) in [7, 11) is 0. The fourth-order valence-corrected chi connectivity index (χ4v) is 4.36. The zero-order valence-corrected chi connectivity index (χ0v) is 17.0. The van der Waals surface area contributed by atoms with E-state index >= 15 is 0 Å². The number of hydrogen-bond acceptors (Lipinski definition) is 5. The highest BCUT2D eigenvalue weighted by Crippen LogP contribution is 2.31. The quantitative estimate of drug-likeness (QED) is 0.461. The molecule has 0 saturated heterocycles. The van der Waals surface area contributed by atoms with Crippen LogP contribution in [0.4, 0.5) is 5.69 Å². The van der Waals surface area contributed by atoms with Crippen molar-refractivity contribution in [3.8, 4) is 10.8 Å². The van der Waals surface area contributed by atoms with Crippen molar-refractivity contribution in [2.75, 3.05) is 5.32 Å². The van der Waals surface area contributed by atoms with Crippen LogP contribution in [0, 0.1) is 0 Å². The lowest BCUT2D eigenvalue weighted by Gasteiger charge is -2.06. The summed E-state index contributed by atoms with van der Waals surface area (Å²) in [6.07, 6.45) is 0. The maximum absolute atomic E-state index is 12.5. The Morgan fingerprint density at radius 3 is 2.73 bits per heavy atom. The number of aryl methyl sites for hydroxylation is 1. The zero-order chi connectivity index (χ0) is 20.7. The molecular formula is C22H18N4O3S. The van der Waals surface area contributed by atoms with Crippen LogP contribution in [-0.4, -0.2) is 20.3 Å². The van der Waals surface area contributed by atoms with Crippen molar-refractivity contribution in [1.29, 1.82) is 0 Å². The normalized spacial score (nSPS) is 11.4. The molecule has 0 saturated carbocycles. The predicted molar refractivity (Wildman–Crippen MR) is 118 cm³/mol. The minimum atomic E-state index is -0.657. The van der Waals surface area contributed by atoms with Crippen LogP contribution in [0.3, 0.4) is 0 Å². The molecule has 0 atom stereocenters. The van der Waals surface area contributed by atoms with Crippen LogP contribution in [0.1, 0.15) is 6.92 Å². The number of rotatable bonds is 5. The van der Waals surface area contributed by atoms with E-state index in [1.54, 1.807) is 0 Å². The fourth-order valence-electron chi connectivity index (χ4n) is 3.71. The highest BCUT2D eigenvalue weighted by molar-refractivity contribution is 7.13. The van der Waals surface area contributed by atoms with Crippen molar-refractivity contribution >= 4 is 44.7 Å². The maximum atomic E-state index is 12.5. The van der Waals surface area contributed by atoms with E-state index in [0.717, 1.165) is 37.9 Å². The summed E-state index contributed by atoms with van der Waals surface area (Å²) in [4.78, 5) is 25.3. The van der Waals surface area contributed by atoms with Gasteiger partial charge in [0.2, 0.25) is 5.91 Å². The van der Waals surface area contributed by atoms with Crippen LogP contribution in [-0.2, 0) is 17.9 Å². The third-order valence-corrected chi connectivity index (χ3v) is 5.86. The Balaban J connectivity index is 1.41. The van der Waals surface area contributed by atoms with Gasteiger partial charge in [-0.15, -0.1) is 16.4 Å². The van der Waals surface area contributed by atoms with E-state index in [2.05, 4.69) is 34.0 Å². The molecule has 2 aromatic carbocycles. The summed E-state index contributed by atoms with van der Waals surface area (Å²) in [6, 6.07) is 17.7. The van der Waals surface area contributed by atoms with Gasteiger partial charge in [0, 0.05) is 34.0 Å². The van der Waals surface area contributed by atoms with Crippen molar-refractivity contribution in [3.05, 3.63) is 70.5 Å². The number of benzene rings is 2. The number of anilines is 1. The van der Waals surface area contributed by atoms with Gasteiger partial charge in [-0.2, -0.15) is 4.68 Å². The molecule has 0 unspecified atom stereocenters. The summed E-state index contributed by atoms with van der Waals surface area (Å²) in [5.41, 5.74) is 2.94. The molecule has 8 heteroatoms. The number of hydrogen-bond donors (Lipinski definition) is 1. The Labute approximate surface area is 175 Å². The Bertz CT molecular complexity index is 1430. The topological polar surface area (TPSA) is 82.1 Å². The molecule has 3 heterocycles. The molecule has 150 valence electrons. The van der Waals surface area contributed by atoms with Gasteiger partial charge in [-0.1, -0.05) is 24.3 Å². The number of thiophene rings is 1. The summed E-state index contributed by atoms with van der Waals surface area (Å²) in [5, 5.41) is 11.1. The number of para-hydroxylation sites is 1.